The van der Waals surface area contributed by atoms with Crippen LogP contribution in [0.3, 0.4) is 0 Å². The number of aliphatic hydroxyl groups excluding tert-OH is 1. The Kier molecular flexibility index (Phi) is 1.79. The van der Waals surface area contributed by atoms with Crippen LogP contribution in [0.1, 0.15) is 5.56 Å². The van der Waals surface area contributed by atoms with Gasteiger partial charge >= 0.3 is 0 Å². The number of hydrogen-bond donors (Lipinski definition) is 2. The highest BCUT2D eigenvalue weighted by Gasteiger charge is 2.01. The van der Waals surface area contributed by atoms with E-state index in [0.717, 1.165) is 16.5 Å². The van der Waals surface area contributed by atoms with Gasteiger partial charge in [-0.05, 0) is 18.2 Å². The Morgan fingerprint density at radius 1 is 1.42 bits per heavy atom. The molecule has 0 saturated carbocycles. The van der Waals surface area contributed by atoms with Gasteiger partial charge in [0.15, 0.2) is 0 Å². The predicted octanol–water partition coefficient (Wildman–Crippen LogP) is 2.31. The van der Waals surface area contributed by atoms with Gasteiger partial charge in [0.05, 0.1) is 6.61 Å². The molecule has 62 valence electrons. The zero-order valence-corrected chi connectivity index (χ0v) is 7.10. The van der Waals surface area contributed by atoms with Gasteiger partial charge in [0, 0.05) is 27.7 Å². The molecule has 0 aliphatic rings. The molecule has 0 saturated heterocycles. The summed E-state index contributed by atoms with van der Waals surface area (Å²) in [4.78, 5) is 3.05. The van der Waals surface area contributed by atoms with Gasteiger partial charge in [-0.15, -0.1) is 0 Å². The maximum atomic E-state index is 8.95. The minimum absolute atomic E-state index is 0.0420. The highest BCUT2D eigenvalue weighted by Crippen LogP contribution is 2.21. The highest BCUT2D eigenvalue weighted by atomic mass is 35.5. The average Bonchev–Trinajstić information content (AvgIpc) is 2.46. The molecular formula is C9H8ClNO. The van der Waals surface area contributed by atoms with E-state index in [-0.39, 0.29) is 6.61 Å². The number of halogens is 1. The van der Waals surface area contributed by atoms with Crippen LogP contribution in [0.5, 0.6) is 0 Å². The van der Waals surface area contributed by atoms with Gasteiger partial charge in [-0.2, -0.15) is 0 Å². The van der Waals surface area contributed by atoms with Crippen molar-refractivity contribution in [2.45, 2.75) is 6.61 Å². The zero-order chi connectivity index (χ0) is 8.55. The molecule has 2 N–H and O–H groups in total. The minimum Gasteiger partial charge on any atom is -0.392 e. The SMILES string of the molecule is OCc1c[nH]c2ccc(Cl)cc12. The zero-order valence-electron chi connectivity index (χ0n) is 6.34. The molecule has 0 aliphatic heterocycles. The number of aromatic amines is 1. The normalized spacial score (nSPS) is 10.8. The summed E-state index contributed by atoms with van der Waals surface area (Å²) in [6, 6.07) is 5.57. The summed E-state index contributed by atoms with van der Waals surface area (Å²) < 4.78 is 0. The Morgan fingerprint density at radius 2 is 2.25 bits per heavy atom. The number of H-pyrrole nitrogens is 1. The number of hydrogen-bond acceptors (Lipinski definition) is 1. The first-order chi connectivity index (χ1) is 5.81. The van der Waals surface area contributed by atoms with E-state index >= 15 is 0 Å². The lowest BCUT2D eigenvalue weighted by molar-refractivity contribution is 0.283. The summed E-state index contributed by atoms with van der Waals surface area (Å²) in [6.45, 7) is 0.0420. The third-order valence-corrected chi connectivity index (χ3v) is 2.13. The summed E-state index contributed by atoms with van der Waals surface area (Å²) >= 11 is 5.81. The Morgan fingerprint density at radius 3 is 3.00 bits per heavy atom. The summed E-state index contributed by atoms with van der Waals surface area (Å²) in [7, 11) is 0. The van der Waals surface area contributed by atoms with Crippen LogP contribution in [-0.2, 0) is 6.61 Å². The van der Waals surface area contributed by atoms with Crippen molar-refractivity contribution in [2.24, 2.45) is 0 Å². The van der Waals surface area contributed by atoms with Gasteiger partial charge in [-0.25, -0.2) is 0 Å². The van der Waals surface area contributed by atoms with Crippen LogP contribution in [0.4, 0.5) is 0 Å². The van der Waals surface area contributed by atoms with E-state index in [9.17, 15) is 0 Å². The van der Waals surface area contributed by atoms with Crippen LogP contribution in [0.25, 0.3) is 10.9 Å². The van der Waals surface area contributed by atoms with E-state index in [4.69, 9.17) is 16.7 Å². The third-order valence-electron chi connectivity index (χ3n) is 1.90. The highest BCUT2D eigenvalue weighted by molar-refractivity contribution is 6.31. The molecule has 1 aromatic carbocycles. The van der Waals surface area contributed by atoms with Gasteiger partial charge in [-0.3, -0.25) is 0 Å². The van der Waals surface area contributed by atoms with Gasteiger partial charge in [-0.1, -0.05) is 11.6 Å². The van der Waals surface area contributed by atoms with Crippen molar-refractivity contribution in [3.63, 3.8) is 0 Å². The maximum Gasteiger partial charge on any atom is 0.0702 e. The van der Waals surface area contributed by atoms with E-state index in [1.54, 1.807) is 6.20 Å². The summed E-state index contributed by atoms with van der Waals surface area (Å²) in [5.74, 6) is 0. The summed E-state index contributed by atoms with van der Waals surface area (Å²) in [5.41, 5.74) is 1.89. The lowest BCUT2D eigenvalue weighted by Gasteiger charge is -1.93. The quantitative estimate of drug-likeness (QED) is 0.696. The van der Waals surface area contributed by atoms with Crippen LogP contribution < -0.4 is 0 Å². The number of benzene rings is 1. The molecule has 0 aliphatic carbocycles. The summed E-state index contributed by atoms with van der Waals surface area (Å²) in [6.07, 6.45) is 1.79. The second-order valence-corrected chi connectivity index (χ2v) is 3.10. The molecule has 2 rings (SSSR count). The fourth-order valence-corrected chi connectivity index (χ4v) is 1.45. The van der Waals surface area contributed by atoms with Crippen molar-refractivity contribution in [3.8, 4) is 0 Å². The molecule has 0 unspecified atom stereocenters. The first-order valence-electron chi connectivity index (χ1n) is 3.67. The van der Waals surface area contributed by atoms with Crippen LogP contribution in [-0.4, -0.2) is 10.1 Å². The second kappa shape index (κ2) is 2.81. The Labute approximate surface area is 74.8 Å². The molecule has 0 spiro atoms. The molecule has 0 atom stereocenters. The molecule has 0 radical (unpaired) electrons. The lowest BCUT2D eigenvalue weighted by atomic mass is 10.2. The fourth-order valence-electron chi connectivity index (χ4n) is 1.28. The monoisotopic (exact) mass is 181 g/mol. The smallest absolute Gasteiger partial charge is 0.0702 e. The van der Waals surface area contributed by atoms with E-state index in [2.05, 4.69) is 4.98 Å². The molecule has 3 heteroatoms. The average molecular weight is 182 g/mol. The van der Waals surface area contributed by atoms with E-state index in [1.165, 1.54) is 0 Å². The number of rotatable bonds is 1. The van der Waals surface area contributed by atoms with E-state index < -0.39 is 0 Å². The molecule has 1 aromatic heterocycles. The number of fused-ring (bicyclic) bond motifs is 1. The summed E-state index contributed by atoms with van der Waals surface area (Å²) in [5, 5.41) is 10.6. The van der Waals surface area contributed by atoms with Crippen molar-refractivity contribution < 1.29 is 5.11 Å². The molecule has 12 heavy (non-hydrogen) atoms. The van der Waals surface area contributed by atoms with E-state index in [1.807, 2.05) is 18.2 Å². The standard InChI is InChI=1S/C9H8ClNO/c10-7-1-2-9-8(3-7)6(5-12)4-11-9/h1-4,11-12H,5H2. The van der Waals surface area contributed by atoms with Crippen molar-refractivity contribution in [2.75, 3.05) is 0 Å². The molecular weight excluding hydrogens is 174 g/mol. The number of aromatic nitrogens is 1. The first-order valence-corrected chi connectivity index (χ1v) is 4.05. The third kappa shape index (κ3) is 1.09. The molecule has 0 amide bonds. The van der Waals surface area contributed by atoms with Crippen molar-refractivity contribution >= 4 is 22.5 Å². The minimum atomic E-state index is 0.0420. The largest absolute Gasteiger partial charge is 0.392 e. The van der Waals surface area contributed by atoms with Crippen LogP contribution in [0.15, 0.2) is 24.4 Å². The van der Waals surface area contributed by atoms with Gasteiger partial charge < -0.3 is 10.1 Å². The molecule has 2 aromatic rings. The molecule has 2 nitrogen and oxygen atoms in total. The molecule has 0 bridgehead atoms. The van der Waals surface area contributed by atoms with Gasteiger partial charge in [0.2, 0.25) is 0 Å². The topological polar surface area (TPSA) is 36.0 Å². The van der Waals surface area contributed by atoms with Crippen molar-refractivity contribution in [1.82, 2.24) is 4.98 Å². The lowest BCUT2D eigenvalue weighted by Crippen LogP contribution is -1.77. The second-order valence-electron chi connectivity index (χ2n) is 2.66. The predicted molar refractivity (Wildman–Crippen MR) is 49.2 cm³/mol. The van der Waals surface area contributed by atoms with Crippen molar-refractivity contribution in [3.05, 3.63) is 35.0 Å². The number of aliphatic hydroxyl groups is 1. The van der Waals surface area contributed by atoms with Crippen LogP contribution >= 0.6 is 11.6 Å². The van der Waals surface area contributed by atoms with Gasteiger partial charge in [0.1, 0.15) is 0 Å². The number of nitrogens with one attached hydrogen (secondary N) is 1. The van der Waals surface area contributed by atoms with E-state index in [0.29, 0.717) is 5.02 Å². The fraction of sp³-hybridized carbons (Fsp3) is 0.111. The Bertz CT molecular complexity index is 408. The molecule has 1 heterocycles. The first kappa shape index (κ1) is 7.65. The Hall–Kier alpha value is -0.990. The molecule has 0 fully saturated rings. The van der Waals surface area contributed by atoms with Crippen molar-refractivity contribution in [1.29, 1.82) is 0 Å². The van der Waals surface area contributed by atoms with Crippen LogP contribution in [0, 0.1) is 0 Å². The maximum absolute atomic E-state index is 8.95. The Balaban J connectivity index is 2.75. The van der Waals surface area contributed by atoms with Gasteiger partial charge in [0.25, 0.3) is 0 Å². The van der Waals surface area contributed by atoms with Crippen LogP contribution in [0.2, 0.25) is 5.02 Å².